The minimum Gasteiger partial charge on any atom is -0.871 e. The van der Waals surface area contributed by atoms with Crippen LogP contribution in [0.3, 0.4) is 0 Å². The third kappa shape index (κ3) is 10.8. The second-order valence-electron chi connectivity index (χ2n) is 7.74. The summed E-state index contributed by atoms with van der Waals surface area (Å²) in [6.07, 6.45) is 2.64. The molecule has 4 aromatic carbocycles. The van der Waals surface area contributed by atoms with E-state index in [0.717, 1.165) is 8.95 Å². The molecule has 0 fully saturated rings. The largest absolute Gasteiger partial charge is 2.00 e. The van der Waals surface area contributed by atoms with Crippen LogP contribution in [0.2, 0.25) is 0 Å². The topological polar surface area (TPSA) is 129 Å². The van der Waals surface area contributed by atoms with Crippen LogP contribution in [0.5, 0.6) is 11.5 Å². The molecule has 4 rings (SSSR count). The Hall–Kier alpha value is -2.80. The molecule has 0 unspecified atom stereocenters. The molecule has 0 aliphatic heterocycles. The summed E-state index contributed by atoms with van der Waals surface area (Å²) in [6.45, 7) is 0. The smallest absolute Gasteiger partial charge is 0.871 e. The summed E-state index contributed by atoms with van der Waals surface area (Å²) in [5.74, 6) is -1.04. The Kier molecular flexibility index (Phi) is 14.5. The Balaban J connectivity index is 0.000000280. The van der Waals surface area contributed by atoms with Crippen molar-refractivity contribution in [1.29, 1.82) is 0 Å². The first kappa shape index (κ1) is 34.4. The summed E-state index contributed by atoms with van der Waals surface area (Å²) >= 11 is 12.9. The Morgan fingerprint density at radius 3 is 1.29 bits per heavy atom. The number of hydrogen-bond donors (Lipinski definition) is 2. The van der Waals surface area contributed by atoms with Crippen LogP contribution in [-0.4, -0.2) is 24.2 Å². The van der Waals surface area contributed by atoms with Gasteiger partial charge < -0.3 is 10.2 Å². The van der Waals surface area contributed by atoms with E-state index in [2.05, 4.69) is 84.8 Å². The molecule has 0 aromatic heterocycles. The van der Waals surface area contributed by atoms with Gasteiger partial charge in [0.25, 0.3) is 11.8 Å². The van der Waals surface area contributed by atoms with E-state index in [4.69, 9.17) is 0 Å². The number of halogens is 4. The Labute approximate surface area is 280 Å². The molecule has 209 valence electrons. The average Bonchev–Trinajstić information content (AvgIpc) is 2.95. The monoisotopic (exact) mass is 845 g/mol. The Bertz CT molecular complexity index is 1440. The molecule has 0 saturated heterocycles. The predicted octanol–water partition coefficient (Wildman–Crippen LogP) is 6.10. The van der Waals surface area contributed by atoms with Crippen molar-refractivity contribution in [3.63, 3.8) is 0 Å². The van der Waals surface area contributed by atoms with Crippen molar-refractivity contribution in [3.05, 3.63) is 125 Å². The molecule has 0 spiro atoms. The van der Waals surface area contributed by atoms with Crippen LogP contribution < -0.4 is 21.1 Å². The van der Waals surface area contributed by atoms with Crippen molar-refractivity contribution in [2.75, 3.05) is 0 Å². The fourth-order valence-electron chi connectivity index (χ4n) is 2.98. The van der Waals surface area contributed by atoms with Crippen molar-refractivity contribution in [3.8, 4) is 11.5 Å². The molecule has 0 bridgehead atoms. The van der Waals surface area contributed by atoms with Crippen LogP contribution in [-0.2, 0) is 17.1 Å². The molecule has 0 atom stereocenters. The van der Waals surface area contributed by atoms with E-state index in [1.54, 1.807) is 72.8 Å². The van der Waals surface area contributed by atoms with Gasteiger partial charge >= 0.3 is 17.1 Å². The number of hydrazone groups is 2. The Morgan fingerprint density at radius 2 is 0.951 bits per heavy atom. The normalized spacial score (nSPS) is 10.4. The standard InChI is InChI=1S/2C14H10Br2N2O2.Mn/c2*15-11-6-10(13(19)12(16)7-11)8-17-18-14(20)9-4-2-1-3-5-9;/h2*1-8,19H,(H,18,20);/q;;+2/p-2/b17-8+;17-8-;. The summed E-state index contributed by atoms with van der Waals surface area (Å²) < 4.78 is 2.37. The van der Waals surface area contributed by atoms with E-state index in [1.807, 2.05) is 12.1 Å². The van der Waals surface area contributed by atoms with Crippen molar-refractivity contribution < 1.29 is 36.9 Å². The fraction of sp³-hybridized carbons (Fsp3) is 0. The van der Waals surface area contributed by atoms with Gasteiger partial charge in [-0.2, -0.15) is 10.2 Å². The molecule has 13 heteroatoms. The number of rotatable bonds is 6. The number of carbonyl (C=O) groups is 2. The van der Waals surface area contributed by atoms with Gasteiger partial charge in [0, 0.05) is 29.0 Å². The number of nitrogens with zero attached hydrogens (tertiary/aromatic N) is 2. The van der Waals surface area contributed by atoms with E-state index in [0.29, 0.717) is 31.2 Å². The minimum atomic E-state index is -0.330. The third-order valence-electron chi connectivity index (χ3n) is 4.89. The van der Waals surface area contributed by atoms with Gasteiger partial charge in [0.2, 0.25) is 0 Å². The number of hydrogen-bond acceptors (Lipinski definition) is 6. The van der Waals surface area contributed by atoms with Gasteiger partial charge in [0.05, 0.1) is 12.4 Å². The third-order valence-corrected chi connectivity index (χ3v) is 6.98. The zero-order valence-corrected chi connectivity index (χ0v) is 28.2. The summed E-state index contributed by atoms with van der Waals surface area (Å²) in [5, 5.41) is 31.2. The van der Waals surface area contributed by atoms with Gasteiger partial charge in [-0.15, -0.1) is 0 Å². The second kappa shape index (κ2) is 17.2. The molecule has 0 aliphatic rings. The zero-order valence-electron chi connectivity index (χ0n) is 20.7. The van der Waals surface area contributed by atoms with Crippen LogP contribution in [0.15, 0.2) is 113 Å². The second-order valence-corrected chi connectivity index (χ2v) is 11.3. The Morgan fingerprint density at radius 1 is 0.610 bits per heavy atom. The van der Waals surface area contributed by atoms with Crippen molar-refractivity contribution in [2.24, 2.45) is 10.2 Å². The van der Waals surface area contributed by atoms with Crippen LogP contribution in [0.1, 0.15) is 31.8 Å². The van der Waals surface area contributed by atoms with Crippen LogP contribution in [0.25, 0.3) is 0 Å². The molecule has 1 radical (unpaired) electrons. The zero-order chi connectivity index (χ0) is 29.1. The maximum atomic E-state index is 11.8. The summed E-state index contributed by atoms with van der Waals surface area (Å²) in [4.78, 5) is 23.5. The molecule has 0 aliphatic carbocycles. The van der Waals surface area contributed by atoms with Gasteiger partial charge in [-0.25, -0.2) is 10.9 Å². The SMILES string of the molecule is O=C(N/N=C/c1cc(Br)cc(Br)c1[O-])c1ccccc1.O=C(N/N=C\c1cc(Br)cc(Br)c1[O-])c1ccccc1.[Mn+2]. The molecule has 2 N–H and O–H groups in total. The number of amides is 2. The maximum absolute atomic E-state index is 11.8. The first-order valence-corrected chi connectivity index (χ1v) is 14.4. The summed E-state index contributed by atoms with van der Waals surface area (Å²) in [7, 11) is 0. The van der Waals surface area contributed by atoms with Gasteiger partial charge in [0.15, 0.2) is 0 Å². The number of nitrogens with one attached hydrogen (secondary N) is 2. The van der Waals surface area contributed by atoms with Crippen molar-refractivity contribution >= 4 is 88.0 Å². The van der Waals surface area contributed by atoms with Gasteiger partial charge in [-0.1, -0.05) is 112 Å². The summed E-state index contributed by atoms with van der Waals surface area (Å²) in [6, 6.07) is 24.0. The molecule has 41 heavy (non-hydrogen) atoms. The van der Waals surface area contributed by atoms with Crippen molar-refractivity contribution in [2.45, 2.75) is 0 Å². The fourth-order valence-corrected chi connectivity index (χ4v) is 5.50. The molecular weight excluding hydrogens is 831 g/mol. The number of benzene rings is 4. The summed E-state index contributed by atoms with van der Waals surface area (Å²) in [5.41, 5.74) is 6.50. The first-order valence-electron chi connectivity index (χ1n) is 11.2. The van der Waals surface area contributed by atoms with E-state index in [9.17, 15) is 19.8 Å². The molecule has 0 heterocycles. The van der Waals surface area contributed by atoms with E-state index >= 15 is 0 Å². The van der Waals surface area contributed by atoms with Gasteiger partial charge in [-0.05, 0) is 59.7 Å². The quantitative estimate of drug-likeness (QED) is 0.138. The number of carbonyl (C=O) groups excluding carboxylic acids is 2. The van der Waals surface area contributed by atoms with Gasteiger partial charge in [-0.3, -0.25) is 9.59 Å². The minimum absolute atomic E-state index is 0. The van der Waals surface area contributed by atoms with E-state index < -0.39 is 0 Å². The molecule has 4 aromatic rings. The molecular formula is C28H18Br4MnN4O4. The molecule has 8 nitrogen and oxygen atoms in total. The van der Waals surface area contributed by atoms with Crippen molar-refractivity contribution in [1.82, 2.24) is 10.9 Å². The average molecular weight is 849 g/mol. The van der Waals surface area contributed by atoms with Crippen LogP contribution in [0, 0.1) is 0 Å². The first-order chi connectivity index (χ1) is 19.2. The van der Waals surface area contributed by atoms with E-state index in [-0.39, 0.29) is 40.4 Å². The van der Waals surface area contributed by atoms with Gasteiger partial charge in [0.1, 0.15) is 0 Å². The van der Waals surface area contributed by atoms with Crippen LogP contribution >= 0.6 is 63.7 Å². The molecule has 0 saturated carbocycles. The predicted molar refractivity (Wildman–Crippen MR) is 166 cm³/mol. The van der Waals surface area contributed by atoms with Crippen LogP contribution in [0.4, 0.5) is 0 Å². The molecule has 2 amide bonds. The van der Waals surface area contributed by atoms with E-state index in [1.165, 1.54) is 12.4 Å². The maximum Gasteiger partial charge on any atom is 2.00 e.